The molecule has 0 aliphatic carbocycles. The standard InChI is InChI=1S/C28H36O5/c1-2-27(29)33-21-15-10-8-6-4-3-5-7-9-14-20-32-26-22-24(28(30)31)18-19-25(26)23-16-12-11-13-17-23/h2,11-13,16-19,22H,1,3-10,14-15,20-21H2,(H,30,31). The maximum absolute atomic E-state index is 11.3. The number of rotatable bonds is 17. The third kappa shape index (κ3) is 10.4. The van der Waals surface area contributed by atoms with Crippen LogP contribution in [0.1, 0.15) is 74.6 Å². The average Bonchev–Trinajstić information content (AvgIpc) is 2.84. The molecule has 0 aromatic heterocycles. The van der Waals surface area contributed by atoms with Crippen LogP contribution in [0.3, 0.4) is 0 Å². The van der Waals surface area contributed by atoms with Crippen LogP contribution in [-0.2, 0) is 9.53 Å². The van der Waals surface area contributed by atoms with E-state index in [9.17, 15) is 14.7 Å². The fourth-order valence-corrected chi connectivity index (χ4v) is 3.66. The average molecular weight is 453 g/mol. The molecule has 0 atom stereocenters. The van der Waals surface area contributed by atoms with Gasteiger partial charge in [0.05, 0.1) is 18.8 Å². The Bertz CT molecular complexity index is 860. The van der Waals surface area contributed by atoms with Gasteiger partial charge in [0.15, 0.2) is 0 Å². The third-order valence-corrected chi connectivity index (χ3v) is 5.52. The highest BCUT2D eigenvalue weighted by molar-refractivity contribution is 5.89. The summed E-state index contributed by atoms with van der Waals surface area (Å²) in [6.07, 6.45) is 12.6. The highest BCUT2D eigenvalue weighted by Crippen LogP contribution is 2.31. The number of carboxylic acids is 1. The molecule has 1 N–H and O–H groups in total. The van der Waals surface area contributed by atoms with Crippen LogP contribution < -0.4 is 4.74 Å². The number of carbonyl (C=O) groups excluding carboxylic acids is 1. The van der Waals surface area contributed by atoms with Gasteiger partial charge >= 0.3 is 11.9 Å². The van der Waals surface area contributed by atoms with E-state index in [2.05, 4.69) is 6.58 Å². The van der Waals surface area contributed by atoms with Gasteiger partial charge in [-0.2, -0.15) is 0 Å². The predicted octanol–water partition coefficient (Wildman–Crippen LogP) is 7.06. The molecule has 2 aromatic carbocycles. The molecule has 0 heterocycles. The molecule has 0 spiro atoms. The van der Waals surface area contributed by atoms with E-state index in [1.165, 1.54) is 44.6 Å². The van der Waals surface area contributed by atoms with E-state index >= 15 is 0 Å². The molecule has 33 heavy (non-hydrogen) atoms. The Labute approximate surface area is 197 Å². The van der Waals surface area contributed by atoms with Crippen molar-refractivity contribution in [1.29, 1.82) is 0 Å². The Morgan fingerprint density at radius 2 is 1.36 bits per heavy atom. The molecule has 0 unspecified atom stereocenters. The van der Waals surface area contributed by atoms with Gasteiger partial charge in [-0.05, 0) is 36.6 Å². The number of aromatic carboxylic acids is 1. The molecule has 0 radical (unpaired) electrons. The Kier molecular flexibility index (Phi) is 12.4. The maximum atomic E-state index is 11.3. The minimum Gasteiger partial charge on any atom is -0.493 e. The van der Waals surface area contributed by atoms with Crippen LogP contribution in [0.4, 0.5) is 0 Å². The number of hydrogen-bond donors (Lipinski definition) is 1. The van der Waals surface area contributed by atoms with Crippen molar-refractivity contribution in [3.63, 3.8) is 0 Å². The number of ether oxygens (including phenoxy) is 2. The molecular formula is C28H36O5. The fraction of sp³-hybridized carbons (Fsp3) is 0.429. The van der Waals surface area contributed by atoms with Crippen molar-refractivity contribution in [2.75, 3.05) is 13.2 Å². The largest absolute Gasteiger partial charge is 0.493 e. The van der Waals surface area contributed by atoms with Crippen LogP contribution in [0.5, 0.6) is 5.75 Å². The monoisotopic (exact) mass is 452 g/mol. The zero-order valence-corrected chi connectivity index (χ0v) is 19.5. The smallest absolute Gasteiger partial charge is 0.335 e. The molecule has 2 aromatic rings. The number of esters is 1. The van der Waals surface area contributed by atoms with Gasteiger partial charge in [0.2, 0.25) is 0 Å². The zero-order chi connectivity index (χ0) is 23.7. The van der Waals surface area contributed by atoms with E-state index in [1.807, 2.05) is 36.4 Å². The Balaban J connectivity index is 1.58. The van der Waals surface area contributed by atoms with E-state index in [0.717, 1.165) is 36.8 Å². The second kappa shape index (κ2) is 15.7. The molecule has 0 saturated carbocycles. The van der Waals surface area contributed by atoms with Crippen molar-refractivity contribution in [2.45, 2.75) is 64.2 Å². The van der Waals surface area contributed by atoms with Gasteiger partial charge in [0.25, 0.3) is 0 Å². The summed E-state index contributed by atoms with van der Waals surface area (Å²) in [6.45, 7) is 4.45. The first-order valence-electron chi connectivity index (χ1n) is 12.0. The lowest BCUT2D eigenvalue weighted by molar-refractivity contribution is -0.137. The molecule has 0 fully saturated rings. The van der Waals surface area contributed by atoms with E-state index < -0.39 is 5.97 Å². The van der Waals surface area contributed by atoms with Crippen LogP contribution >= 0.6 is 0 Å². The van der Waals surface area contributed by atoms with Crippen LogP contribution in [0.25, 0.3) is 11.1 Å². The Morgan fingerprint density at radius 1 is 0.788 bits per heavy atom. The lowest BCUT2D eigenvalue weighted by atomic mass is 10.0. The second-order valence-electron chi connectivity index (χ2n) is 8.14. The predicted molar refractivity (Wildman–Crippen MR) is 132 cm³/mol. The van der Waals surface area contributed by atoms with Gasteiger partial charge in [0, 0.05) is 11.6 Å². The SMILES string of the molecule is C=CC(=O)OCCCCCCCCCCCCOc1cc(C(=O)O)ccc1-c1ccccc1. The summed E-state index contributed by atoms with van der Waals surface area (Å²) in [4.78, 5) is 22.3. The molecule has 0 aliphatic rings. The lowest BCUT2D eigenvalue weighted by Gasteiger charge is -2.13. The topological polar surface area (TPSA) is 72.8 Å². The fourth-order valence-electron chi connectivity index (χ4n) is 3.66. The Hall–Kier alpha value is -3.08. The van der Waals surface area contributed by atoms with Crippen LogP contribution in [-0.4, -0.2) is 30.3 Å². The summed E-state index contributed by atoms with van der Waals surface area (Å²) in [6, 6.07) is 14.9. The van der Waals surface area contributed by atoms with Gasteiger partial charge in [0.1, 0.15) is 5.75 Å². The summed E-state index contributed by atoms with van der Waals surface area (Å²) in [5.74, 6) is -0.665. The number of carboxylic acid groups (broad SMARTS) is 1. The van der Waals surface area contributed by atoms with Crippen LogP contribution in [0.15, 0.2) is 61.2 Å². The number of hydrogen-bond acceptors (Lipinski definition) is 4. The van der Waals surface area contributed by atoms with Crippen molar-refractivity contribution in [3.8, 4) is 16.9 Å². The first-order chi connectivity index (χ1) is 16.1. The molecule has 2 rings (SSSR count). The first-order valence-corrected chi connectivity index (χ1v) is 12.0. The molecule has 0 aliphatic heterocycles. The maximum Gasteiger partial charge on any atom is 0.335 e. The minimum absolute atomic E-state index is 0.238. The highest BCUT2D eigenvalue weighted by atomic mass is 16.5. The van der Waals surface area contributed by atoms with Crippen LogP contribution in [0.2, 0.25) is 0 Å². The zero-order valence-electron chi connectivity index (χ0n) is 19.5. The number of benzene rings is 2. The van der Waals surface area contributed by atoms with Crippen molar-refractivity contribution >= 4 is 11.9 Å². The summed E-state index contributed by atoms with van der Waals surface area (Å²) in [5, 5.41) is 9.31. The Morgan fingerprint density at radius 3 is 1.94 bits per heavy atom. The molecule has 5 heteroatoms. The molecular weight excluding hydrogens is 416 g/mol. The van der Waals surface area contributed by atoms with Gasteiger partial charge in [-0.3, -0.25) is 0 Å². The van der Waals surface area contributed by atoms with Gasteiger partial charge < -0.3 is 14.6 Å². The normalized spacial score (nSPS) is 10.5. The highest BCUT2D eigenvalue weighted by Gasteiger charge is 2.11. The third-order valence-electron chi connectivity index (χ3n) is 5.52. The summed E-state index contributed by atoms with van der Waals surface area (Å²) in [5.41, 5.74) is 2.17. The summed E-state index contributed by atoms with van der Waals surface area (Å²) >= 11 is 0. The van der Waals surface area contributed by atoms with Crippen molar-refractivity contribution in [3.05, 3.63) is 66.7 Å². The quantitative estimate of drug-likeness (QED) is 0.158. The van der Waals surface area contributed by atoms with Crippen LogP contribution in [0, 0.1) is 0 Å². The molecule has 0 saturated heterocycles. The van der Waals surface area contributed by atoms with Gasteiger partial charge in [-0.25, -0.2) is 9.59 Å². The summed E-state index contributed by atoms with van der Waals surface area (Å²) < 4.78 is 11.0. The van der Waals surface area contributed by atoms with E-state index in [0.29, 0.717) is 19.0 Å². The van der Waals surface area contributed by atoms with Gasteiger partial charge in [-0.1, -0.05) is 88.3 Å². The van der Waals surface area contributed by atoms with E-state index in [4.69, 9.17) is 9.47 Å². The second-order valence-corrected chi connectivity index (χ2v) is 8.14. The molecule has 0 amide bonds. The van der Waals surface area contributed by atoms with E-state index in [-0.39, 0.29) is 11.5 Å². The molecule has 5 nitrogen and oxygen atoms in total. The van der Waals surface area contributed by atoms with Crippen molar-refractivity contribution < 1.29 is 24.2 Å². The van der Waals surface area contributed by atoms with E-state index in [1.54, 1.807) is 12.1 Å². The van der Waals surface area contributed by atoms with Gasteiger partial charge in [-0.15, -0.1) is 0 Å². The number of carbonyl (C=O) groups is 2. The summed E-state index contributed by atoms with van der Waals surface area (Å²) in [7, 11) is 0. The van der Waals surface area contributed by atoms with Crippen molar-refractivity contribution in [2.24, 2.45) is 0 Å². The number of unbranched alkanes of at least 4 members (excludes halogenated alkanes) is 9. The molecule has 0 bridgehead atoms. The molecule has 178 valence electrons. The first kappa shape index (κ1) is 26.2. The van der Waals surface area contributed by atoms with Crippen molar-refractivity contribution in [1.82, 2.24) is 0 Å². The minimum atomic E-state index is -0.949. The lowest BCUT2D eigenvalue weighted by Crippen LogP contribution is -2.02.